The third-order valence-corrected chi connectivity index (χ3v) is 9.06. The van der Waals surface area contributed by atoms with Crippen LogP contribution >= 0.6 is 0 Å². The minimum atomic E-state index is 1.26. The van der Waals surface area contributed by atoms with Crippen molar-refractivity contribution in [3.63, 3.8) is 0 Å². The van der Waals surface area contributed by atoms with E-state index in [2.05, 4.69) is 158 Å². The molecule has 0 aliphatic carbocycles. The third-order valence-electron chi connectivity index (χ3n) is 9.06. The standard InChI is InChI=1S/C42H26/c1-4-12-30-27(9-1)19-22-37-33(30)15-7-17-35(37)41-26-25-36-32-14-6-3-11-29(32)21-24-40(36)42(41)39-18-8-16-34-31-13-5-2-10-28(31)20-23-38(34)39/h1-26H. The Hall–Kier alpha value is -5.46. The molecule has 0 spiro atoms. The van der Waals surface area contributed by atoms with E-state index < -0.39 is 0 Å². The number of hydrogen-bond donors (Lipinski definition) is 0. The van der Waals surface area contributed by atoms with E-state index in [0.717, 1.165) is 0 Å². The maximum Gasteiger partial charge on any atom is -0.00201 e. The summed E-state index contributed by atoms with van der Waals surface area (Å²) in [6.07, 6.45) is 0. The summed E-state index contributed by atoms with van der Waals surface area (Å²) in [4.78, 5) is 0. The van der Waals surface area contributed by atoms with Gasteiger partial charge in [0, 0.05) is 0 Å². The first-order valence-electron chi connectivity index (χ1n) is 14.6. The molecule has 0 atom stereocenters. The van der Waals surface area contributed by atoms with Gasteiger partial charge in [0.2, 0.25) is 0 Å². The number of hydrogen-bond acceptors (Lipinski definition) is 0. The Labute approximate surface area is 244 Å². The van der Waals surface area contributed by atoms with E-state index in [1.165, 1.54) is 86.9 Å². The molecule has 9 rings (SSSR count). The lowest BCUT2D eigenvalue weighted by molar-refractivity contribution is 1.66. The number of fused-ring (bicyclic) bond motifs is 9. The van der Waals surface area contributed by atoms with Crippen molar-refractivity contribution in [1.29, 1.82) is 0 Å². The molecule has 9 aromatic rings. The average Bonchev–Trinajstić information content (AvgIpc) is 3.07. The summed E-state index contributed by atoms with van der Waals surface area (Å²) in [5.74, 6) is 0. The van der Waals surface area contributed by atoms with Crippen LogP contribution < -0.4 is 0 Å². The maximum atomic E-state index is 2.36. The fourth-order valence-corrected chi connectivity index (χ4v) is 7.14. The van der Waals surface area contributed by atoms with Crippen LogP contribution in [0.25, 0.3) is 86.9 Å². The highest BCUT2D eigenvalue weighted by molar-refractivity contribution is 6.22. The van der Waals surface area contributed by atoms with E-state index in [0.29, 0.717) is 0 Å². The molecular weight excluding hydrogens is 504 g/mol. The van der Waals surface area contributed by atoms with Crippen molar-refractivity contribution >= 4 is 64.6 Å². The molecule has 0 saturated carbocycles. The van der Waals surface area contributed by atoms with Crippen molar-refractivity contribution in [2.24, 2.45) is 0 Å². The normalized spacial score (nSPS) is 11.8. The van der Waals surface area contributed by atoms with Crippen LogP contribution in [0, 0.1) is 0 Å². The third kappa shape index (κ3) is 3.36. The first-order chi connectivity index (χ1) is 20.8. The highest BCUT2D eigenvalue weighted by Gasteiger charge is 2.18. The van der Waals surface area contributed by atoms with E-state index in [9.17, 15) is 0 Å². The Morgan fingerprint density at radius 1 is 0.190 bits per heavy atom. The lowest BCUT2D eigenvalue weighted by atomic mass is 9.84. The van der Waals surface area contributed by atoms with Crippen LogP contribution in [0.15, 0.2) is 158 Å². The summed E-state index contributed by atoms with van der Waals surface area (Å²) < 4.78 is 0. The van der Waals surface area contributed by atoms with Crippen LogP contribution in [-0.2, 0) is 0 Å². The summed E-state index contributed by atoms with van der Waals surface area (Å²) in [5, 5.41) is 15.4. The molecule has 0 amide bonds. The Bertz CT molecular complexity index is 2510. The van der Waals surface area contributed by atoms with Gasteiger partial charge in [-0.05, 0) is 86.9 Å². The van der Waals surface area contributed by atoms with Gasteiger partial charge in [0.25, 0.3) is 0 Å². The van der Waals surface area contributed by atoms with E-state index in [1.807, 2.05) is 0 Å². The fourth-order valence-electron chi connectivity index (χ4n) is 7.14. The molecule has 0 nitrogen and oxygen atoms in total. The SMILES string of the molecule is c1ccc2c(c1)ccc1c(-c3ccc4c(ccc5ccccc54)c3-c3cccc4c3ccc3ccccc34)cccc12. The molecule has 0 radical (unpaired) electrons. The Kier molecular flexibility index (Phi) is 5.00. The maximum absolute atomic E-state index is 2.36. The molecule has 0 saturated heterocycles. The van der Waals surface area contributed by atoms with E-state index in [-0.39, 0.29) is 0 Å². The van der Waals surface area contributed by atoms with E-state index in [4.69, 9.17) is 0 Å². The second-order valence-corrected chi connectivity index (χ2v) is 11.2. The second kappa shape index (κ2) is 9.03. The molecule has 0 heterocycles. The highest BCUT2D eigenvalue weighted by atomic mass is 14.2. The molecule has 42 heavy (non-hydrogen) atoms. The van der Waals surface area contributed by atoms with E-state index in [1.54, 1.807) is 0 Å². The Morgan fingerprint density at radius 3 is 1.17 bits per heavy atom. The topological polar surface area (TPSA) is 0 Å². The summed E-state index contributed by atoms with van der Waals surface area (Å²) in [5.41, 5.74) is 5.09. The minimum Gasteiger partial charge on any atom is -0.0616 e. The average molecular weight is 531 g/mol. The Balaban J connectivity index is 1.45. The van der Waals surface area contributed by atoms with Crippen molar-refractivity contribution in [3.05, 3.63) is 158 Å². The van der Waals surface area contributed by atoms with Gasteiger partial charge in [-0.3, -0.25) is 0 Å². The monoisotopic (exact) mass is 530 g/mol. The predicted octanol–water partition coefficient (Wildman–Crippen LogP) is 11.9. The smallest absolute Gasteiger partial charge is 0.00201 e. The highest BCUT2D eigenvalue weighted by Crippen LogP contribution is 2.45. The van der Waals surface area contributed by atoms with Gasteiger partial charge in [0.1, 0.15) is 0 Å². The van der Waals surface area contributed by atoms with Gasteiger partial charge in [0.05, 0.1) is 0 Å². The zero-order valence-electron chi connectivity index (χ0n) is 23.0. The van der Waals surface area contributed by atoms with Crippen LogP contribution in [-0.4, -0.2) is 0 Å². The van der Waals surface area contributed by atoms with Crippen LogP contribution in [0.1, 0.15) is 0 Å². The van der Waals surface area contributed by atoms with Crippen LogP contribution in [0.5, 0.6) is 0 Å². The van der Waals surface area contributed by atoms with Crippen LogP contribution in [0.3, 0.4) is 0 Å². The van der Waals surface area contributed by atoms with Gasteiger partial charge in [0.15, 0.2) is 0 Å². The zero-order valence-corrected chi connectivity index (χ0v) is 23.0. The summed E-state index contributed by atoms with van der Waals surface area (Å²) in [6.45, 7) is 0. The lowest BCUT2D eigenvalue weighted by Crippen LogP contribution is -1.92. The first-order valence-corrected chi connectivity index (χ1v) is 14.6. The van der Waals surface area contributed by atoms with Crippen molar-refractivity contribution in [2.75, 3.05) is 0 Å². The van der Waals surface area contributed by atoms with Gasteiger partial charge in [-0.25, -0.2) is 0 Å². The molecule has 194 valence electrons. The van der Waals surface area contributed by atoms with Gasteiger partial charge in [-0.15, -0.1) is 0 Å². The van der Waals surface area contributed by atoms with Crippen molar-refractivity contribution in [1.82, 2.24) is 0 Å². The fraction of sp³-hybridized carbons (Fsp3) is 0. The van der Waals surface area contributed by atoms with Gasteiger partial charge < -0.3 is 0 Å². The summed E-state index contributed by atoms with van der Waals surface area (Å²) >= 11 is 0. The molecular formula is C42H26. The number of benzene rings is 9. The molecule has 0 unspecified atom stereocenters. The van der Waals surface area contributed by atoms with Gasteiger partial charge >= 0.3 is 0 Å². The first kappa shape index (κ1) is 23.3. The summed E-state index contributed by atoms with van der Waals surface area (Å²) in [7, 11) is 0. The predicted molar refractivity (Wildman–Crippen MR) is 182 cm³/mol. The van der Waals surface area contributed by atoms with E-state index >= 15 is 0 Å². The molecule has 0 N–H and O–H groups in total. The molecule has 0 bridgehead atoms. The molecule has 0 aliphatic rings. The van der Waals surface area contributed by atoms with Gasteiger partial charge in [-0.1, -0.05) is 158 Å². The molecule has 0 aliphatic heterocycles. The largest absolute Gasteiger partial charge is 0.0616 e. The van der Waals surface area contributed by atoms with Crippen molar-refractivity contribution < 1.29 is 0 Å². The molecule has 0 aromatic heterocycles. The lowest BCUT2D eigenvalue weighted by Gasteiger charge is -2.19. The number of rotatable bonds is 2. The van der Waals surface area contributed by atoms with Crippen LogP contribution in [0.4, 0.5) is 0 Å². The molecule has 0 fully saturated rings. The Morgan fingerprint density at radius 2 is 0.595 bits per heavy atom. The zero-order chi connectivity index (χ0) is 27.6. The van der Waals surface area contributed by atoms with Crippen molar-refractivity contribution in [2.45, 2.75) is 0 Å². The second-order valence-electron chi connectivity index (χ2n) is 11.2. The van der Waals surface area contributed by atoms with Crippen molar-refractivity contribution in [3.8, 4) is 22.3 Å². The van der Waals surface area contributed by atoms with Gasteiger partial charge in [-0.2, -0.15) is 0 Å². The molecule has 0 heteroatoms. The summed E-state index contributed by atoms with van der Waals surface area (Å²) in [6, 6.07) is 58.2. The van der Waals surface area contributed by atoms with Crippen LogP contribution in [0.2, 0.25) is 0 Å². The minimum absolute atomic E-state index is 1.26. The quantitative estimate of drug-likeness (QED) is 0.195. The molecule has 9 aromatic carbocycles.